The van der Waals surface area contributed by atoms with E-state index in [0.29, 0.717) is 12.1 Å². The maximum absolute atomic E-state index is 13.0. The van der Waals surface area contributed by atoms with Crippen molar-refractivity contribution in [3.05, 3.63) is 83.1 Å². The highest BCUT2D eigenvalue weighted by atomic mass is 19.4. The molecule has 2 aromatic rings. The molecule has 0 spiro atoms. The third-order valence-electron chi connectivity index (χ3n) is 3.03. The Morgan fingerprint density at radius 2 is 1.55 bits per heavy atom. The summed E-state index contributed by atoms with van der Waals surface area (Å²) < 4.78 is 39.0. The summed E-state index contributed by atoms with van der Waals surface area (Å²) in [6.07, 6.45) is -3.04. The predicted octanol–water partition coefficient (Wildman–Crippen LogP) is 4.58. The van der Waals surface area contributed by atoms with Crippen LogP contribution in [0.2, 0.25) is 0 Å². The lowest BCUT2D eigenvalue weighted by molar-refractivity contribution is -0.0926. The first kappa shape index (κ1) is 16.1. The van der Waals surface area contributed by atoms with Gasteiger partial charge >= 0.3 is 6.18 Å². The Morgan fingerprint density at radius 3 is 2.14 bits per heavy atom. The van der Waals surface area contributed by atoms with Gasteiger partial charge in [0.25, 0.3) is 0 Å². The van der Waals surface area contributed by atoms with Crippen LogP contribution >= 0.6 is 0 Å². The predicted molar refractivity (Wildman–Crippen MR) is 82.1 cm³/mol. The molecule has 0 heterocycles. The Hall–Kier alpha value is -2.29. The number of alkyl halides is 3. The van der Waals surface area contributed by atoms with Crippen LogP contribution in [0.5, 0.6) is 0 Å². The molecule has 0 saturated carbocycles. The van der Waals surface area contributed by atoms with Gasteiger partial charge in [-0.05, 0) is 17.2 Å². The van der Waals surface area contributed by atoms with Crippen molar-refractivity contribution in [1.29, 1.82) is 0 Å². The van der Waals surface area contributed by atoms with Crippen molar-refractivity contribution < 1.29 is 13.2 Å². The van der Waals surface area contributed by atoms with E-state index >= 15 is 0 Å². The van der Waals surface area contributed by atoms with Gasteiger partial charge < -0.3 is 5.32 Å². The molecule has 1 N–H and O–H groups in total. The van der Waals surface area contributed by atoms with Crippen molar-refractivity contribution in [1.82, 2.24) is 5.32 Å². The quantitative estimate of drug-likeness (QED) is 0.797. The van der Waals surface area contributed by atoms with Gasteiger partial charge in [0.05, 0.1) is 5.57 Å². The summed E-state index contributed by atoms with van der Waals surface area (Å²) in [5, 5.41) is 2.81. The van der Waals surface area contributed by atoms with Gasteiger partial charge in [0.15, 0.2) is 0 Å². The molecule has 0 aliphatic rings. The number of halogens is 3. The summed E-state index contributed by atoms with van der Waals surface area (Å²) in [4.78, 5) is 0. The van der Waals surface area contributed by atoms with Crippen LogP contribution in [0.25, 0.3) is 6.08 Å². The van der Waals surface area contributed by atoms with Gasteiger partial charge in [-0.3, -0.25) is 0 Å². The van der Waals surface area contributed by atoms with Crippen molar-refractivity contribution in [2.24, 2.45) is 0 Å². The van der Waals surface area contributed by atoms with Crippen molar-refractivity contribution in [2.45, 2.75) is 12.7 Å². The smallest absolute Gasteiger partial charge is 0.308 e. The first-order valence-corrected chi connectivity index (χ1v) is 6.88. The van der Waals surface area contributed by atoms with Gasteiger partial charge in [0, 0.05) is 13.1 Å². The number of hydrogen-bond acceptors (Lipinski definition) is 1. The largest absolute Gasteiger partial charge is 0.421 e. The molecule has 4 heteroatoms. The number of hydrogen-bond donors (Lipinski definition) is 1. The molecule has 0 radical (unpaired) electrons. The fraction of sp³-hybridized carbons (Fsp3) is 0.167. The van der Waals surface area contributed by atoms with E-state index in [1.54, 1.807) is 24.3 Å². The van der Waals surface area contributed by atoms with Crippen LogP contribution in [0.3, 0.4) is 0 Å². The van der Waals surface area contributed by atoms with Gasteiger partial charge in [-0.2, -0.15) is 13.2 Å². The minimum atomic E-state index is -4.39. The molecule has 0 aliphatic heterocycles. The number of benzene rings is 2. The molecule has 1 nitrogen and oxygen atoms in total. The minimum absolute atomic E-state index is 0.276. The standard InChI is InChI=1S/C18H16F3N/c19-18(20,21)17(12-11-15-7-3-1-4-8-15)14-22-13-16-9-5-2-6-10-16/h1-11,22H,13-14H2. The molecular formula is C18H16F3N. The fourth-order valence-corrected chi connectivity index (χ4v) is 1.88. The summed E-state index contributed by atoms with van der Waals surface area (Å²) in [6, 6.07) is 18.1. The van der Waals surface area contributed by atoms with E-state index in [1.807, 2.05) is 36.4 Å². The summed E-state index contributed by atoms with van der Waals surface area (Å²) >= 11 is 0. The Bertz CT molecular complexity index is 639. The summed E-state index contributed by atoms with van der Waals surface area (Å²) in [7, 11) is 0. The molecule has 22 heavy (non-hydrogen) atoms. The van der Waals surface area contributed by atoms with Crippen LogP contribution in [-0.2, 0) is 6.54 Å². The maximum Gasteiger partial charge on any atom is 0.421 e. The topological polar surface area (TPSA) is 12.0 Å². The first-order chi connectivity index (χ1) is 10.6. The van der Waals surface area contributed by atoms with E-state index in [0.717, 1.165) is 5.56 Å². The molecule has 0 aliphatic carbocycles. The Kier molecular flexibility index (Phi) is 5.59. The lowest BCUT2D eigenvalue weighted by Crippen LogP contribution is -2.24. The van der Waals surface area contributed by atoms with E-state index in [2.05, 4.69) is 11.0 Å². The molecule has 0 amide bonds. The lowest BCUT2D eigenvalue weighted by atomic mass is 10.2. The average Bonchev–Trinajstić information content (AvgIpc) is 2.51. The highest BCUT2D eigenvalue weighted by Crippen LogP contribution is 2.24. The lowest BCUT2D eigenvalue weighted by Gasteiger charge is -2.10. The second kappa shape index (κ2) is 7.64. The van der Waals surface area contributed by atoms with E-state index in [-0.39, 0.29) is 6.54 Å². The summed E-state index contributed by atoms with van der Waals surface area (Å²) in [6.45, 7) is 0.106. The zero-order chi connectivity index (χ0) is 15.8. The Labute approximate surface area is 127 Å². The van der Waals surface area contributed by atoms with Crippen LogP contribution in [0, 0.1) is 0 Å². The Morgan fingerprint density at radius 1 is 0.955 bits per heavy atom. The highest BCUT2D eigenvalue weighted by molar-refractivity contribution is 5.49. The minimum Gasteiger partial charge on any atom is -0.308 e. The van der Waals surface area contributed by atoms with Crippen LogP contribution in [-0.4, -0.2) is 12.7 Å². The monoisotopic (exact) mass is 303 g/mol. The number of nitrogens with one attached hydrogen (secondary N) is 1. The maximum atomic E-state index is 13.0. The molecule has 0 bridgehead atoms. The first-order valence-electron chi connectivity index (χ1n) is 6.88. The second-order valence-corrected chi connectivity index (χ2v) is 4.76. The molecule has 0 saturated heterocycles. The van der Waals surface area contributed by atoms with Crippen LogP contribution < -0.4 is 5.32 Å². The van der Waals surface area contributed by atoms with E-state index in [1.165, 1.54) is 6.08 Å². The number of rotatable bonds is 5. The zero-order valence-electron chi connectivity index (χ0n) is 11.9. The molecule has 2 aromatic carbocycles. The molecular weight excluding hydrogens is 287 g/mol. The van der Waals surface area contributed by atoms with Crippen molar-refractivity contribution in [2.75, 3.05) is 6.54 Å². The third-order valence-corrected chi connectivity index (χ3v) is 3.03. The van der Waals surface area contributed by atoms with Crippen LogP contribution in [0.15, 0.2) is 72.0 Å². The van der Waals surface area contributed by atoms with Gasteiger partial charge in [0.1, 0.15) is 0 Å². The molecule has 0 unspecified atom stereocenters. The van der Waals surface area contributed by atoms with Crippen molar-refractivity contribution in [3.8, 4) is 0 Å². The van der Waals surface area contributed by atoms with Gasteiger partial charge in [-0.25, -0.2) is 0 Å². The Balaban J connectivity index is 2.06. The normalized spacial score (nSPS) is 10.9. The second-order valence-electron chi connectivity index (χ2n) is 4.76. The van der Waals surface area contributed by atoms with Crippen molar-refractivity contribution >= 4 is 6.08 Å². The van der Waals surface area contributed by atoms with Crippen LogP contribution in [0.1, 0.15) is 11.1 Å². The van der Waals surface area contributed by atoms with E-state index in [4.69, 9.17) is 0 Å². The van der Waals surface area contributed by atoms with Gasteiger partial charge in [-0.1, -0.05) is 60.7 Å². The average molecular weight is 303 g/mol. The molecule has 0 fully saturated rings. The van der Waals surface area contributed by atoms with Crippen LogP contribution in [0.4, 0.5) is 13.2 Å². The van der Waals surface area contributed by atoms with E-state index < -0.39 is 11.7 Å². The zero-order valence-corrected chi connectivity index (χ0v) is 11.9. The molecule has 2 rings (SSSR count). The summed E-state index contributed by atoms with van der Waals surface area (Å²) in [5.74, 6) is 0. The van der Waals surface area contributed by atoms with Gasteiger partial charge in [-0.15, -0.1) is 5.73 Å². The van der Waals surface area contributed by atoms with Gasteiger partial charge in [0.2, 0.25) is 0 Å². The molecule has 114 valence electrons. The SMILES string of the molecule is FC(F)(F)C(=C=Cc1ccccc1)CNCc1ccccc1. The third kappa shape index (κ3) is 5.24. The highest BCUT2D eigenvalue weighted by Gasteiger charge is 2.33. The fourth-order valence-electron chi connectivity index (χ4n) is 1.88. The molecule has 0 aromatic heterocycles. The summed E-state index contributed by atoms with van der Waals surface area (Å²) in [5.41, 5.74) is 3.28. The molecule has 0 atom stereocenters. The van der Waals surface area contributed by atoms with E-state index in [9.17, 15) is 13.2 Å². The van der Waals surface area contributed by atoms with Crippen molar-refractivity contribution in [3.63, 3.8) is 0 Å².